The maximum Gasteiger partial charge on any atom is 0.293 e. The molecular weight excluding hydrogens is 386 g/mol. The van der Waals surface area contributed by atoms with Crippen molar-refractivity contribution in [2.24, 2.45) is 0 Å². The Bertz CT molecular complexity index is 1160. The van der Waals surface area contributed by atoms with Gasteiger partial charge < -0.3 is 20.0 Å². The third-order valence-corrected chi connectivity index (χ3v) is 5.83. The van der Waals surface area contributed by atoms with Crippen molar-refractivity contribution in [1.82, 2.24) is 15.3 Å². The van der Waals surface area contributed by atoms with Gasteiger partial charge in [-0.15, -0.1) is 11.3 Å². The topological polar surface area (TPSA) is 83.3 Å². The molecule has 0 unspecified atom stereocenters. The van der Waals surface area contributed by atoms with Gasteiger partial charge in [0.1, 0.15) is 0 Å². The first-order valence-electron chi connectivity index (χ1n) is 9.42. The molecule has 0 bridgehead atoms. The largest absolute Gasteiger partial charge is 0.431 e. The highest BCUT2D eigenvalue weighted by Gasteiger charge is 2.19. The molecule has 29 heavy (non-hydrogen) atoms. The number of carbonyl (C=O) groups excluding carboxylic acids is 1. The van der Waals surface area contributed by atoms with Crippen molar-refractivity contribution in [3.05, 3.63) is 60.1 Å². The number of aromatic nitrogens is 2. The first-order valence-corrected chi connectivity index (χ1v) is 10.3. The van der Waals surface area contributed by atoms with E-state index in [0.29, 0.717) is 11.6 Å². The van der Waals surface area contributed by atoms with Crippen LogP contribution in [0.5, 0.6) is 0 Å². The van der Waals surface area contributed by atoms with Gasteiger partial charge in [0.05, 0.1) is 23.8 Å². The van der Waals surface area contributed by atoms with Gasteiger partial charge in [-0.3, -0.25) is 9.78 Å². The van der Waals surface area contributed by atoms with E-state index in [2.05, 4.69) is 31.6 Å². The first kappa shape index (κ1) is 17.8. The van der Waals surface area contributed by atoms with Crippen molar-refractivity contribution < 1.29 is 9.21 Å². The summed E-state index contributed by atoms with van der Waals surface area (Å²) in [5, 5.41) is 9.43. The van der Waals surface area contributed by atoms with E-state index in [1.807, 2.05) is 29.6 Å². The lowest BCUT2D eigenvalue weighted by molar-refractivity contribution is 0.0997. The van der Waals surface area contributed by atoms with Crippen LogP contribution in [0.25, 0.3) is 21.5 Å². The summed E-state index contributed by atoms with van der Waals surface area (Å²) in [5.74, 6) is 0.252. The highest BCUT2D eigenvalue weighted by molar-refractivity contribution is 7.17. The van der Waals surface area contributed by atoms with Crippen LogP contribution >= 0.6 is 11.3 Å². The van der Waals surface area contributed by atoms with E-state index in [1.165, 1.54) is 10.9 Å². The summed E-state index contributed by atoms with van der Waals surface area (Å²) in [4.78, 5) is 23.5. The van der Waals surface area contributed by atoms with Gasteiger partial charge in [-0.1, -0.05) is 0 Å². The molecule has 4 aromatic rings. The van der Waals surface area contributed by atoms with Crippen LogP contribution in [0, 0.1) is 0 Å². The Kier molecular flexibility index (Phi) is 4.71. The Hall–Kier alpha value is -3.23. The van der Waals surface area contributed by atoms with Crippen molar-refractivity contribution in [3.8, 4) is 11.5 Å². The number of piperazine rings is 1. The fraction of sp³-hybridized carbons (Fsp3) is 0.190. The normalized spacial score (nSPS) is 14.3. The summed E-state index contributed by atoms with van der Waals surface area (Å²) in [6, 6.07) is 9.98. The summed E-state index contributed by atoms with van der Waals surface area (Å²) in [5.41, 5.74) is 2.47. The molecule has 7 nitrogen and oxygen atoms in total. The number of hydrogen-bond donors (Lipinski definition) is 2. The van der Waals surface area contributed by atoms with Crippen molar-refractivity contribution in [2.75, 3.05) is 36.4 Å². The molecule has 1 aromatic carbocycles. The summed E-state index contributed by atoms with van der Waals surface area (Å²) in [6.07, 6.45) is 4.86. The minimum atomic E-state index is -0.343. The molecule has 8 heteroatoms. The van der Waals surface area contributed by atoms with Crippen molar-refractivity contribution >= 4 is 38.7 Å². The van der Waals surface area contributed by atoms with Crippen LogP contribution in [-0.4, -0.2) is 42.1 Å². The minimum Gasteiger partial charge on any atom is -0.431 e. The molecule has 0 saturated carbocycles. The van der Waals surface area contributed by atoms with Gasteiger partial charge in [0.15, 0.2) is 0 Å². The number of nitrogens with zero attached hydrogens (tertiary/aromatic N) is 3. The molecular formula is C21H19N5O2S. The van der Waals surface area contributed by atoms with Crippen LogP contribution in [0.2, 0.25) is 0 Å². The number of carbonyl (C=O) groups is 1. The summed E-state index contributed by atoms with van der Waals surface area (Å²) >= 11 is 1.69. The lowest BCUT2D eigenvalue weighted by Crippen LogP contribution is -2.43. The Labute approximate surface area is 171 Å². The van der Waals surface area contributed by atoms with Gasteiger partial charge in [-0.05, 0) is 41.1 Å². The molecule has 4 heterocycles. The second kappa shape index (κ2) is 7.65. The zero-order valence-corrected chi connectivity index (χ0v) is 16.4. The second-order valence-corrected chi connectivity index (χ2v) is 7.73. The number of anilines is 2. The van der Waals surface area contributed by atoms with Crippen LogP contribution in [-0.2, 0) is 0 Å². The fourth-order valence-electron chi connectivity index (χ4n) is 3.46. The number of oxazole rings is 1. The monoisotopic (exact) mass is 405 g/mol. The number of rotatable bonds is 4. The Balaban J connectivity index is 1.37. The molecule has 0 radical (unpaired) electrons. The number of hydrogen-bond acceptors (Lipinski definition) is 7. The number of fused-ring (bicyclic) bond motifs is 1. The molecule has 0 spiro atoms. The molecule has 1 aliphatic rings. The van der Waals surface area contributed by atoms with Crippen molar-refractivity contribution in [2.45, 2.75) is 0 Å². The van der Waals surface area contributed by atoms with Crippen LogP contribution in [0.15, 0.2) is 58.7 Å². The third-order valence-electron chi connectivity index (χ3n) is 4.93. The minimum absolute atomic E-state index is 0.167. The van der Waals surface area contributed by atoms with Gasteiger partial charge >= 0.3 is 0 Å². The summed E-state index contributed by atoms with van der Waals surface area (Å²) in [6.45, 7) is 3.58. The van der Waals surface area contributed by atoms with Crippen LogP contribution in [0.4, 0.5) is 11.4 Å². The molecule has 1 saturated heterocycles. The molecule has 1 amide bonds. The van der Waals surface area contributed by atoms with Crippen LogP contribution in [0.1, 0.15) is 10.6 Å². The molecule has 146 valence electrons. The maximum absolute atomic E-state index is 12.8. The Morgan fingerprint density at radius 2 is 2.07 bits per heavy atom. The van der Waals surface area contributed by atoms with E-state index >= 15 is 0 Å². The highest BCUT2D eigenvalue weighted by Crippen LogP contribution is 2.28. The lowest BCUT2D eigenvalue weighted by Gasteiger charge is -2.30. The number of pyridine rings is 1. The van der Waals surface area contributed by atoms with E-state index in [-0.39, 0.29) is 11.7 Å². The number of thiophene rings is 1. The average molecular weight is 405 g/mol. The molecule has 1 aliphatic heterocycles. The van der Waals surface area contributed by atoms with Crippen LogP contribution < -0.4 is 15.5 Å². The van der Waals surface area contributed by atoms with Gasteiger partial charge in [0.25, 0.3) is 5.91 Å². The zero-order valence-electron chi connectivity index (χ0n) is 15.6. The second-order valence-electron chi connectivity index (χ2n) is 6.79. The molecule has 5 rings (SSSR count). The number of benzene rings is 1. The Morgan fingerprint density at radius 1 is 1.17 bits per heavy atom. The van der Waals surface area contributed by atoms with Gasteiger partial charge in [0, 0.05) is 42.6 Å². The quantitative estimate of drug-likeness (QED) is 0.540. The van der Waals surface area contributed by atoms with Gasteiger partial charge in [0.2, 0.25) is 11.7 Å². The average Bonchev–Trinajstić information content (AvgIpc) is 3.44. The first-order chi connectivity index (χ1) is 14.3. The summed E-state index contributed by atoms with van der Waals surface area (Å²) in [7, 11) is 0. The maximum atomic E-state index is 12.8. The molecule has 0 aliphatic carbocycles. The fourth-order valence-corrected chi connectivity index (χ4v) is 4.23. The highest BCUT2D eigenvalue weighted by atomic mass is 32.1. The molecule has 0 atom stereocenters. The number of amides is 1. The smallest absolute Gasteiger partial charge is 0.293 e. The third kappa shape index (κ3) is 3.59. The van der Waals surface area contributed by atoms with E-state index < -0.39 is 0 Å². The van der Waals surface area contributed by atoms with E-state index in [9.17, 15) is 4.79 Å². The predicted molar refractivity (Wildman–Crippen MR) is 115 cm³/mol. The van der Waals surface area contributed by atoms with Crippen molar-refractivity contribution in [1.29, 1.82) is 0 Å². The summed E-state index contributed by atoms with van der Waals surface area (Å²) < 4.78 is 6.95. The zero-order chi connectivity index (χ0) is 19.6. The molecule has 2 N–H and O–H groups in total. The lowest BCUT2D eigenvalue weighted by atomic mass is 10.2. The van der Waals surface area contributed by atoms with Gasteiger partial charge in [-0.2, -0.15) is 0 Å². The molecule has 1 fully saturated rings. The molecule has 3 aromatic heterocycles. The van der Waals surface area contributed by atoms with E-state index in [1.54, 1.807) is 23.7 Å². The van der Waals surface area contributed by atoms with E-state index in [0.717, 1.165) is 42.8 Å². The number of nitrogens with one attached hydrogen (secondary N) is 2. The standard InChI is InChI=1S/C21H19N5O2S/c27-20(25-16-12-23-5-3-17(16)26-8-6-22-7-9-26)18-13-24-21(28-18)15-1-2-19-14(11-15)4-10-29-19/h1-5,10-13,22H,6-9H2,(H,25,27). The van der Waals surface area contributed by atoms with E-state index in [4.69, 9.17) is 4.42 Å². The predicted octanol–water partition coefficient (Wildman–Crippen LogP) is 3.61. The van der Waals surface area contributed by atoms with Crippen LogP contribution in [0.3, 0.4) is 0 Å². The van der Waals surface area contributed by atoms with Gasteiger partial charge in [-0.25, -0.2) is 4.98 Å². The Morgan fingerprint density at radius 3 is 2.97 bits per heavy atom. The SMILES string of the molecule is O=C(Nc1cnccc1N1CCNCC1)c1cnc(-c2ccc3sccc3c2)o1. The van der Waals surface area contributed by atoms with Crippen molar-refractivity contribution in [3.63, 3.8) is 0 Å².